The molecule has 1 saturated heterocycles. The number of nitrogens with one attached hydrogen (secondary N) is 2. The van der Waals surface area contributed by atoms with Crippen molar-refractivity contribution in [3.8, 4) is 0 Å². The number of fused-ring (bicyclic) bond motifs is 1. The van der Waals surface area contributed by atoms with E-state index in [9.17, 15) is 57.9 Å². The number of rotatable bonds is 20. The van der Waals surface area contributed by atoms with Crippen molar-refractivity contribution in [3.05, 3.63) is 48.5 Å². The summed E-state index contributed by atoms with van der Waals surface area (Å²) in [5.74, 6) is -1.28. The van der Waals surface area contributed by atoms with Crippen molar-refractivity contribution < 1.29 is 156 Å². The molecule has 60 heavy (non-hydrogen) atoms. The van der Waals surface area contributed by atoms with Gasteiger partial charge in [0.15, 0.2) is 17.7 Å². The van der Waals surface area contributed by atoms with Crippen molar-refractivity contribution in [1.82, 2.24) is 30.2 Å². The molecular formula is C28H36Li4N7O17P3S. The molecule has 0 saturated carbocycles. The van der Waals surface area contributed by atoms with Gasteiger partial charge in [0.1, 0.15) is 36.3 Å². The van der Waals surface area contributed by atoms with E-state index in [-0.39, 0.29) is 117 Å². The Bertz CT molecular complexity index is 2030. The molecule has 2 unspecified atom stereocenters. The van der Waals surface area contributed by atoms with Crippen molar-refractivity contribution in [2.24, 2.45) is 5.41 Å². The molecule has 32 heteroatoms. The van der Waals surface area contributed by atoms with Crippen LogP contribution in [0, 0.1) is 5.41 Å². The van der Waals surface area contributed by atoms with Gasteiger partial charge < -0.3 is 69.0 Å². The van der Waals surface area contributed by atoms with Gasteiger partial charge in [-0.3, -0.25) is 28.1 Å². The van der Waals surface area contributed by atoms with Gasteiger partial charge >= 0.3 is 75.4 Å². The van der Waals surface area contributed by atoms with Gasteiger partial charge in [-0.25, -0.2) is 19.3 Å². The minimum absolute atomic E-state index is 0. The largest absolute Gasteiger partial charge is 1.00 e. The minimum Gasteiger partial charge on any atom is -0.790 e. The first-order chi connectivity index (χ1) is 26.1. The number of amides is 2. The zero-order chi connectivity index (χ0) is 41.5. The Kier molecular flexibility index (Phi) is 25.3. The third-order valence-electron chi connectivity index (χ3n) is 7.72. The number of aromatic nitrogens is 4. The fourth-order valence-corrected chi connectivity index (χ4v) is 8.34. The molecule has 24 nitrogen and oxygen atoms in total. The average Bonchev–Trinajstić information content (AvgIpc) is 3.68. The van der Waals surface area contributed by atoms with Gasteiger partial charge in [-0.15, -0.1) is 0 Å². The Labute approximate surface area is 395 Å². The van der Waals surface area contributed by atoms with Crippen LogP contribution in [0.1, 0.15) is 36.9 Å². The number of thioether (sulfide) groups is 1. The molecule has 4 rings (SSSR count). The first-order valence-corrected chi connectivity index (χ1v) is 21.5. The molecule has 310 valence electrons. The van der Waals surface area contributed by atoms with Gasteiger partial charge in [-0.05, 0) is 0 Å². The van der Waals surface area contributed by atoms with E-state index in [0.29, 0.717) is 11.3 Å². The number of phosphoric ester groups is 3. The van der Waals surface area contributed by atoms with Crippen LogP contribution in [0.2, 0.25) is 0 Å². The van der Waals surface area contributed by atoms with Crippen molar-refractivity contribution >= 4 is 69.1 Å². The number of anilines is 1. The fraction of sp³-hybridized carbons (Fsp3) is 0.500. The van der Waals surface area contributed by atoms with E-state index in [0.717, 1.165) is 29.0 Å². The number of nitrogen functional groups attached to an aromatic ring is 1. The summed E-state index contributed by atoms with van der Waals surface area (Å²) >= 11 is 1.01. The van der Waals surface area contributed by atoms with Crippen molar-refractivity contribution in [3.63, 3.8) is 0 Å². The molecule has 2 aromatic heterocycles. The first kappa shape index (κ1) is 59.2. The molecule has 0 spiro atoms. The molecule has 0 aliphatic carbocycles. The van der Waals surface area contributed by atoms with Crippen LogP contribution < -0.4 is 111 Å². The number of nitrogens with two attached hydrogens (primary N) is 1. The van der Waals surface area contributed by atoms with E-state index in [1.54, 1.807) is 30.3 Å². The van der Waals surface area contributed by atoms with Gasteiger partial charge in [0.2, 0.25) is 16.9 Å². The van der Waals surface area contributed by atoms with E-state index in [1.165, 1.54) is 13.8 Å². The minimum atomic E-state index is -5.92. The maximum absolute atomic E-state index is 12.5. The van der Waals surface area contributed by atoms with Crippen LogP contribution >= 0.6 is 35.2 Å². The normalized spacial score (nSPS) is 20.1. The predicted molar refractivity (Wildman–Crippen MR) is 184 cm³/mol. The maximum atomic E-state index is 12.5. The monoisotopic (exact) mass is 895 g/mol. The van der Waals surface area contributed by atoms with Crippen LogP contribution in [0.4, 0.5) is 5.82 Å². The molecule has 1 aliphatic heterocycles. The number of carbonyl (C=O) groups is 3. The van der Waals surface area contributed by atoms with Crippen molar-refractivity contribution in [2.75, 3.05) is 37.8 Å². The number of ether oxygens (including phenoxy) is 1. The predicted octanol–water partition coefficient (Wildman–Crippen LogP) is -14.5. The van der Waals surface area contributed by atoms with Gasteiger partial charge in [0.25, 0.3) is 15.6 Å². The number of phosphoric acid groups is 3. The number of carbonyl (C=O) groups excluding carboxylic acids is 3. The summed E-state index contributed by atoms with van der Waals surface area (Å²) in [6.07, 6.45) is -7.61. The van der Waals surface area contributed by atoms with Crippen LogP contribution in [-0.2, 0) is 45.9 Å². The zero-order valence-corrected chi connectivity index (χ0v) is 36.8. The molecule has 1 aromatic carbocycles. The number of nitrogens with zero attached hydrogens (tertiary/aromatic N) is 4. The molecular weight excluding hydrogens is 859 g/mol. The third-order valence-corrected chi connectivity index (χ3v) is 11.6. The van der Waals surface area contributed by atoms with Crippen LogP contribution in [0.15, 0.2) is 43.0 Å². The second-order valence-electron chi connectivity index (χ2n) is 12.5. The molecule has 7 atom stereocenters. The Morgan fingerprint density at radius 3 is 2.25 bits per heavy atom. The molecule has 6 N–H and O–H groups in total. The third kappa shape index (κ3) is 17.6. The molecule has 0 radical (unpaired) electrons. The molecule has 2 amide bonds. The fourth-order valence-electron chi connectivity index (χ4n) is 4.91. The van der Waals surface area contributed by atoms with Crippen LogP contribution in [-0.4, -0.2) is 103 Å². The Morgan fingerprint density at radius 2 is 1.62 bits per heavy atom. The average molecular weight is 895 g/mol. The number of hydrogen-bond acceptors (Lipinski definition) is 22. The van der Waals surface area contributed by atoms with Crippen molar-refractivity contribution in [1.29, 1.82) is 0 Å². The summed E-state index contributed by atoms with van der Waals surface area (Å²) in [5, 5.41) is 26.0. The second-order valence-corrected chi connectivity index (χ2v) is 17.6. The standard InChI is InChI=1S/C28H40N7O17P3S.4Li/c1-28(2,22(38)25(39)31-9-8-18(36)30-10-11-56-27(40)16-6-4-3-5-7-16)13-49-55(46,47)52-54(44,45)48-12-17-21(51-53(41,42)43)20(37)26(50-17)35-15-34-19-23(29)32-14-33-24(19)35;;;;/h3-7,14-15,17,20-22,26,37-38H,8-13H2,1-2H3,(H,30,36)(H,31,39)(H,44,45)(H,46,47)(H2,29,32,33)(H2,41,42,43);;;;/q;4*+1/p-4/t17-,20-,21-,22+,26-;;;;/m1..../s1. The number of hydrogen-bond donors (Lipinski definition) is 5. The summed E-state index contributed by atoms with van der Waals surface area (Å²) in [5.41, 5.74) is 4.57. The SMILES string of the molecule is CC(C)(COP(=O)([O-])OP(=O)([O-])OC[C@H]1O[C@@H](n2cnc3c(N)ncnc32)[C@H](O)[C@@H]1OP(=O)([O-])[O-])[C@@H](O)C(=O)NCCC(=O)NCCSC(=O)c1ccccc1.[Li+].[Li+].[Li+].[Li+]. The number of aliphatic hydroxyl groups excluding tert-OH is 2. The summed E-state index contributed by atoms with van der Waals surface area (Å²) in [7, 11) is -17.6. The number of imidazole rings is 1. The Morgan fingerprint density at radius 1 is 0.983 bits per heavy atom. The van der Waals surface area contributed by atoms with Crippen LogP contribution in [0.5, 0.6) is 0 Å². The van der Waals surface area contributed by atoms with E-state index in [1.807, 2.05) is 0 Å². The van der Waals surface area contributed by atoms with E-state index >= 15 is 0 Å². The van der Waals surface area contributed by atoms with Crippen LogP contribution in [0.25, 0.3) is 11.2 Å². The number of benzene rings is 1. The topological polar surface area (TPSA) is 375 Å². The quantitative estimate of drug-likeness (QED) is 0.0399. The molecule has 3 aromatic rings. The molecule has 0 bridgehead atoms. The molecule has 1 fully saturated rings. The summed E-state index contributed by atoms with van der Waals surface area (Å²) in [6.45, 7) is 0.0487. The second kappa shape index (κ2) is 25.6. The van der Waals surface area contributed by atoms with Crippen LogP contribution in [0.3, 0.4) is 0 Å². The van der Waals surface area contributed by atoms with Gasteiger partial charge in [-0.1, -0.05) is 55.9 Å². The summed E-state index contributed by atoms with van der Waals surface area (Å²) in [4.78, 5) is 96.2. The Balaban J connectivity index is 0.00000870. The van der Waals surface area contributed by atoms with E-state index in [4.69, 9.17) is 10.5 Å². The summed E-state index contributed by atoms with van der Waals surface area (Å²) < 4.78 is 60.5. The molecule has 1 aliphatic rings. The number of aliphatic hydroxyl groups is 2. The van der Waals surface area contributed by atoms with E-state index < -0.39 is 84.6 Å². The smallest absolute Gasteiger partial charge is 0.790 e. The first-order valence-electron chi connectivity index (χ1n) is 16.1. The summed E-state index contributed by atoms with van der Waals surface area (Å²) in [6, 6.07) is 8.54. The van der Waals surface area contributed by atoms with Crippen molar-refractivity contribution in [2.45, 2.75) is 50.9 Å². The van der Waals surface area contributed by atoms with Gasteiger partial charge in [-0.2, -0.15) is 0 Å². The van der Waals surface area contributed by atoms with Gasteiger partial charge in [0.05, 0.1) is 27.4 Å². The van der Waals surface area contributed by atoms with Gasteiger partial charge in [0, 0.05) is 36.2 Å². The Hall–Kier alpha value is -0.830. The molecule has 3 heterocycles. The maximum Gasteiger partial charge on any atom is 1.00 e. The van der Waals surface area contributed by atoms with E-state index in [2.05, 4.69) is 43.5 Å². The zero-order valence-electron chi connectivity index (χ0n) is 33.3.